The Hall–Kier alpha value is -1.10. The first-order valence-corrected chi connectivity index (χ1v) is 5.93. The average molecular weight is 227 g/mol. The van der Waals surface area contributed by atoms with Crippen LogP contribution in [0, 0.1) is 0 Å². The van der Waals surface area contributed by atoms with Crippen LogP contribution in [0.3, 0.4) is 0 Å². The summed E-state index contributed by atoms with van der Waals surface area (Å²) in [5.74, 6) is -0.334. The van der Waals surface area contributed by atoms with E-state index in [1.165, 1.54) is 20.0 Å². The Morgan fingerprint density at radius 1 is 1.50 bits per heavy atom. The second-order valence-corrected chi connectivity index (χ2v) is 4.64. The number of amides is 1. The molecule has 16 heavy (non-hydrogen) atoms. The fourth-order valence-electron chi connectivity index (χ4n) is 2.67. The smallest absolute Gasteiger partial charge is 0.312 e. The summed E-state index contributed by atoms with van der Waals surface area (Å²) in [6.07, 6.45) is 4.78. The molecule has 0 spiro atoms. The second-order valence-electron chi connectivity index (χ2n) is 4.64. The molecule has 2 aliphatic rings. The maximum atomic E-state index is 11.8. The summed E-state index contributed by atoms with van der Waals surface area (Å²) in [4.78, 5) is 22.9. The first-order chi connectivity index (χ1) is 7.70. The summed E-state index contributed by atoms with van der Waals surface area (Å²) < 4.78 is 4.60. The maximum absolute atomic E-state index is 11.8. The van der Waals surface area contributed by atoms with E-state index in [2.05, 4.69) is 15.4 Å². The topological polar surface area (TPSA) is 72.0 Å². The quantitative estimate of drug-likeness (QED) is 0.590. The van der Waals surface area contributed by atoms with E-state index in [4.69, 9.17) is 0 Å². The molecule has 0 radical (unpaired) electrons. The van der Waals surface area contributed by atoms with E-state index < -0.39 is 0 Å². The molecule has 2 fully saturated rings. The van der Waals surface area contributed by atoms with E-state index in [0.717, 1.165) is 12.8 Å². The molecule has 1 saturated carbocycles. The number of esters is 1. The van der Waals surface area contributed by atoms with Gasteiger partial charge in [-0.2, -0.15) is 0 Å². The van der Waals surface area contributed by atoms with Gasteiger partial charge in [-0.15, -0.1) is 0 Å². The number of nitrogens with two attached hydrogens (primary N) is 1. The van der Waals surface area contributed by atoms with Gasteiger partial charge >= 0.3 is 5.97 Å². The summed E-state index contributed by atoms with van der Waals surface area (Å²) in [5.41, 5.74) is 0. The third kappa shape index (κ3) is 2.35. The first-order valence-electron chi connectivity index (χ1n) is 5.93. The fraction of sp³-hybridized carbons (Fsp3) is 0.818. The molecule has 0 aromatic carbocycles. The molecule has 1 amide bonds. The zero-order valence-corrected chi connectivity index (χ0v) is 9.57. The van der Waals surface area contributed by atoms with Crippen LogP contribution in [0.1, 0.15) is 32.1 Å². The number of carbonyl (C=O) groups excluding carboxylic acids is 2. The van der Waals surface area contributed by atoms with Crippen molar-refractivity contribution in [2.75, 3.05) is 7.11 Å². The van der Waals surface area contributed by atoms with E-state index in [9.17, 15) is 9.59 Å². The average Bonchev–Trinajstić information content (AvgIpc) is 2.30. The standard InChI is InChI=1S/C11H18N2O3/c1-16-10(14)6-9-11(15)13-8-5-3-2-4-7(8)12-9/h7-9,12H,2-6H2,1H3,(H,13,15)/p+1/t7-,8+,9-/m0/s1. The molecule has 1 saturated heterocycles. The lowest BCUT2D eigenvalue weighted by molar-refractivity contribution is -0.718. The van der Waals surface area contributed by atoms with Gasteiger partial charge in [-0.25, -0.2) is 0 Å². The predicted octanol–water partition coefficient (Wildman–Crippen LogP) is -1.08. The Labute approximate surface area is 94.9 Å². The maximum Gasteiger partial charge on any atom is 0.312 e. The number of carbonyl (C=O) groups is 2. The van der Waals surface area contributed by atoms with Crippen LogP contribution in [-0.2, 0) is 14.3 Å². The Balaban J connectivity index is 1.95. The van der Waals surface area contributed by atoms with Crippen molar-refractivity contribution in [2.45, 2.75) is 50.2 Å². The minimum absolute atomic E-state index is 0.0199. The molecule has 0 bridgehead atoms. The van der Waals surface area contributed by atoms with Crippen molar-refractivity contribution in [3.05, 3.63) is 0 Å². The number of quaternary nitrogens is 1. The van der Waals surface area contributed by atoms with Gasteiger partial charge in [0.05, 0.1) is 13.2 Å². The third-order valence-electron chi connectivity index (χ3n) is 3.58. The number of nitrogens with one attached hydrogen (secondary N) is 1. The summed E-state index contributed by atoms with van der Waals surface area (Å²) in [5, 5.41) is 5.08. The van der Waals surface area contributed by atoms with Gasteiger partial charge in [0.25, 0.3) is 5.91 Å². The molecule has 2 rings (SSSR count). The molecule has 0 aromatic rings. The van der Waals surface area contributed by atoms with E-state index in [0.29, 0.717) is 12.1 Å². The highest BCUT2D eigenvalue weighted by atomic mass is 16.5. The lowest BCUT2D eigenvalue weighted by atomic mass is 9.87. The number of hydrogen-bond donors (Lipinski definition) is 2. The minimum atomic E-state index is -0.314. The number of piperazine rings is 1. The van der Waals surface area contributed by atoms with E-state index in [-0.39, 0.29) is 24.3 Å². The van der Waals surface area contributed by atoms with E-state index in [1.807, 2.05) is 0 Å². The van der Waals surface area contributed by atoms with Gasteiger partial charge in [-0.3, -0.25) is 9.59 Å². The highest BCUT2D eigenvalue weighted by Gasteiger charge is 2.40. The van der Waals surface area contributed by atoms with Crippen molar-refractivity contribution in [3.8, 4) is 0 Å². The fourth-order valence-corrected chi connectivity index (χ4v) is 2.67. The zero-order chi connectivity index (χ0) is 11.5. The number of rotatable bonds is 2. The van der Waals surface area contributed by atoms with E-state index >= 15 is 0 Å². The van der Waals surface area contributed by atoms with Gasteiger partial charge in [0.15, 0.2) is 6.04 Å². The molecule has 1 heterocycles. The van der Waals surface area contributed by atoms with Gasteiger partial charge in [-0.1, -0.05) is 6.42 Å². The summed E-state index contributed by atoms with van der Waals surface area (Å²) in [7, 11) is 1.35. The van der Waals surface area contributed by atoms with Crippen LogP contribution in [0.4, 0.5) is 0 Å². The highest BCUT2D eigenvalue weighted by molar-refractivity contribution is 5.85. The molecule has 0 unspecified atom stereocenters. The molecular formula is C11H19N2O3+. The number of methoxy groups -OCH3 is 1. The predicted molar refractivity (Wildman–Crippen MR) is 56.5 cm³/mol. The van der Waals surface area contributed by atoms with Crippen molar-refractivity contribution in [1.29, 1.82) is 0 Å². The SMILES string of the molecule is COC(=O)C[C@@H]1[NH2+][C@H]2CCCC[C@H]2NC1=O. The van der Waals surface area contributed by atoms with Crippen LogP contribution < -0.4 is 10.6 Å². The molecule has 1 aliphatic carbocycles. The largest absolute Gasteiger partial charge is 0.469 e. The summed E-state index contributed by atoms with van der Waals surface area (Å²) >= 11 is 0. The van der Waals surface area contributed by atoms with Crippen molar-refractivity contribution >= 4 is 11.9 Å². The van der Waals surface area contributed by atoms with Crippen LogP contribution in [0.2, 0.25) is 0 Å². The molecule has 90 valence electrons. The van der Waals surface area contributed by atoms with E-state index in [1.54, 1.807) is 0 Å². The lowest BCUT2D eigenvalue weighted by Crippen LogP contribution is -3.03. The number of ether oxygens (including phenoxy) is 1. The van der Waals surface area contributed by atoms with Gasteiger partial charge in [0.2, 0.25) is 0 Å². The second kappa shape index (κ2) is 4.82. The van der Waals surface area contributed by atoms with Crippen LogP contribution in [0.25, 0.3) is 0 Å². The van der Waals surface area contributed by atoms with Crippen LogP contribution in [0.15, 0.2) is 0 Å². The number of fused-ring (bicyclic) bond motifs is 1. The van der Waals surface area contributed by atoms with Crippen LogP contribution in [0.5, 0.6) is 0 Å². The highest BCUT2D eigenvalue weighted by Crippen LogP contribution is 2.18. The molecular weight excluding hydrogens is 208 g/mol. The van der Waals surface area contributed by atoms with Crippen LogP contribution >= 0.6 is 0 Å². The van der Waals surface area contributed by atoms with Crippen molar-refractivity contribution < 1.29 is 19.6 Å². The summed E-state index contributed by atoms with van der Waals surface area (Å²) in [6, 6.07) is 0.447. The van der Waals surface area contributed by atoms with Crippen LogP contribution in [-0.4, -0.2) is 37.1 Å². The first kappa shape index (κ1) is 11.4. The van der Waals surface area contributed by atoms with Gasteiger partial charge < -0.3 is 15.4 Å². The Kier molecular flexibility index (Phi) is 3.43. The Morgan fingerprint density at radius 2 is 2.25 bits per heavy atom. The molecule has 0 aromatic heterocycles. The zero-order valence-electron chi connectivity index (χ0n) is 9.57. The molecule has 3 atom stereocenters. The van der Waals surface area contributed by atoms with Crippen molar-refractivity contribution in [1.82, 2.24) is 5.32 Å². The molecule has 5 nitrogen and oxygen atoms in total. The van der Waals surface area contributed by atoms with Crippen molar-refractivity contribution in [2.24, 2.45) is 0 Å². The molecule has 3 N–H and O–H groups in total. The molecule has 1 aliphatic heterocycles. The monoisotopic (exact) mass is 227 g/mol. The minimum Gasteiger partial charge on any atom is -0.469 e. The normalized spacial score (nSPS) is 33.8. The van der Waals surface area contributed by atoms with Gasteiger partial charge in [-0.05, 0) is 12.8 Å². The Morgan fingerprint density at radius 3 is 3.00 bits per heavy atom. The third-order valence-corrected chi connectivity index (χ3v) is 3.58. The van der Waals surface area contributed by atoms with Gasteiger partial charge in [0.1, 0.15) is 12.5 Å². The molecule has 5 heteroatoms. The summed E-state index contributed by atoms with van der Waals surface area (Å²) in [6.45, 7) is 0. The van der Waals surface area contributed by atoms with Crippen molar-refractivity contribution in [3.63, 3.8) is 0 Å². The lowest BCUT2D eigenvalue weighted by Gasteiger charge is -2.37. The van der Waals surface area contributed by atoms with Gasteiger partial charge in [0, 0.05) is 6.42 Å². The number of hydrogen-bond acceptors (Lipinski definition) is 3. The Bertz CT molecular complexity index is 293.